The smallest absolute Gasteiger partial charge is 0.337 e. The number of hydrogen-bond acceptors (Lipinski definition) is 4. The van der Waals surface area contributed by atoms with Crippen LogP contribution in [-0.4, -0.2) is 44.0 Å². The van der Waals surface area contributed by atoms with E-state index in [9.17, 15) is 9.59 Å². The van der Waals surface area contributed by atoms with Crippen molar-refractivity contribution in [3.63, 3.8) is 0 Å². The average molecular weight is 343 g/mol. The maximum atomic E-state index is 11.4. The standard InChI is InChI=1S/C14H19BrN2O3/c1-4-17(9-13(18)16-2)8-11-6-5-10(7-12(11)15)14(19)20-3/h5-7H,4,8-9H2,1-3H3,(H,16,18). The zero-order valence-corrected chi connectivity index (χ0v) is 13.5. The van der Waals surface area contributed by atoms with E-state index in [1.165, 1.54) is 7.11 Å². The normalized spacial score (nSPS) is 10.4. The molecule has 1 N–H and O–H groups in total. The Kier molecular flexibility index (Phi) is 6.67. The molecular weight excluding hydrogens is 324 g/mol. The summed E-state index contributed by atoms with van der Waals surface area (Å²) in [5.74, 6) is -0.385. The second kappa shape index (κ2) is 8.01. The quantitative estimate of drug-likeness (QED) is 0.801. The third-order valence-corrected chi connectivity index (χ3v) is 3.70. The van der Waals surface area contributed by atoms with E-state index in [1.807, 2.05) is 17.9 Å². The summed E-state index contributed by atoms with van der Waals surface area (Å²) >= 11 is 3.45. The van der Waals surface area contributed by atoms with Crippen LogP contribution in [0.5, 0.6) is 0 Å². The molecule has 0 saturated carbocycles. The van der Waals surface area contributed by atoms with Gasteiger partial charge in [0.25, 0.3) is 0 Å². The van der Waals surface area contributed by atoms with E-state index in [4.69, 9.17) is 0 Å². The largest absolute Gasteiger partial charge is 0.465 e. The van der Waals surface area contributed by atoms with Crippen molar-refractivity contribution in [3.05, 3.63) is 33.8 Å². The summed E-state index contributed by atoms with van der Waals surface area (Å²) in [5, 5.41) is 2.61. The minimum atomic E-state index is -0.366. The van der Waals surface area contributed by atoms with Crippen molar-refractivity contribution in [2.75, 3.05) is 27.2 Å². The second-order valence-electron chi connectivity index (χ2n) is 4.27. The Morgan fingerprint density at radius 3 is 2.60 bits per heavy atom. The summed E-state index contributed by atoms with van der Waals surface area (Å²) in [4.78, 5) is 24.9. The number of ether oxygens (including phenoxy) is 1. The molecule has 0 saturated heterocycles. The first-order chi connectivity index (χ1) is 9.51. The van der Waals surface area contributed by atoms with E-state index in [0.717, 1.165) is 16.6 Å². The van der Waals surface area contributed by atoms with Gasteiger partial charge in [-0.15, -0.1) is 0 Å². The van der Waals surface area contributed by atoms with Crippen molar-refractivity contribution in [2.45, 2.75) is 13.5 Å². The molecule has 1 amide bonds. The predicted molar refractivity (Wildman–Crippen MR) is 80.5 cm³/mol. The molecule has 1 aromatic rings. The predicted octanol–water partition coefficient (Wildman–Crippen LogP) is 1.80. The molecule has 0 aliphatic rings. The molecule has 0 aliphatic carbocycles. The van der Waals surface area contributed by atoms with E-state index in [0.29, 0.717) is 18.7 Å². The maximum absolute atomic E-state index is 11.4. The summed E-state index contributed by atoms with van der Waals surface area (Å²) in [6, 6.07) is 5.32. The number of methoxy groups -OCH3 is 1. The molecule has 1 rings (SSSR count). The zero-order valence-electron chi connectivity index (χ0n) is 11.9. The van der Waals surface area contributed by atoms with Crippen LogP contribution in [0, 0.1) is 0 Å². The molecular formula is C14H19BrN2O3. The summed E-state index contributed by atoms with van der Waals surface area (Å²) in [7, 11) is 2.98. The SMILES string of the molecule is CCN(CC(=O)NC)Cc1ccc(C(=O)OC)cc1Br. The van der Waals surface area contributed by atoms with Gasteiger partial charge in [0.15, 0.2) is 0 Å². The summed E-state index contributed by atoms with van der Waals surface area (Å²) < 4.78 is 5.51. The number of nitrogens with one attached hydrogen (secondary N) is 1. The number of likely N-dealkylation sites (N-methyl/N-ethyl adjacent to an activating group) is 2. The Hall–Kier alpha value is -1.40. The Balaban J connectivity index is 2.81. The Morgan fingerprint density at radius 1 is 1.40 bits per heavy atom. The van der Waals surface area contributed by atoms with Crippen molar-refractivity contribution in [2.24, 2.45) is 0 Å². The number of hydrogen-bond donors (Lipinski definition) is 1. The molecule has 0 atom stereocenters. The van der Waals surface area contributed by atoms with Gasteiger partial charge in [0, 0.05) is 18.1 Å². The number of esters is 1. The van der Waals surface area contributed by atoms with Crippen LogP contribution in [0.25, 0.3) is 0 Å². The lowest BCUT2D eigenvalue weighted by atomic mass is 10.1. The van der Waals surface area contributed by atoms with Crippen molar-refractivity contribution >= 4 is 27.8 Å². The van der Waals surface area contributed by atoms with Crippen LogP contribution >= 0.6 is 15.9 Å². The summed E-state index contributed by atoms with van der Waals surface area (Å²) in [5.41, 5.74) is 1.51. The van der Waals surface area contributed by atoms with Crippen LogP contribution < -0.4 is 5.32 Å². The minimum Gasteiger partial charge on any atom is -0.465 e. The van der Waals surface area contributed by atoms with E-state index in [1.54, 1.807) is 19.2 Å². The molecule has 20 heavy (non-hydrogen) atoms. The Morgan fingerprint density at radius 2 is 2.10 bits per heavy atom. The Labute approximate surface area is 127 Å². The fraction of sp³-hybridized carbons (Fsp3) is 0.429. The Bertz CT molecular complexity index is 491. The fourth-order valence-corrected chi connectivity index (χ4v) is 2.23. The molecule has 0 fully saturated rings. The van der Waals surface area contributed by atoms with Gasteiger partial charge in [-0.25, -0.2) is 4.79 Å². The molecule has 0 heterocycles. The van der Waals surface area contributed by atoms with Gasteiger partial charge in [-0.05, 0) is 24.2 Å². The lowest BCUT2D eigenvalue weighted by Crippen LogP contribution is -2.35. The molecule has 5 nitrogen and oxygen atoms in total. The van der Waals surface area contributed by atoms with Crippen LogP contribution in [0.3, 0.4) is 0 Å². The van der Waals surface area contributed by atoms with Crippen LogP contribution in [0.4, 0.5) is 0 Å². The van der Waals surface area contributed by atoms with Gasteiger partial charge in [0.2, 0.25) is 5.91 Å². The fourth-order valence-electron chi connectivity index (χ4n) is 1.72. The summed E-state index contributed by atoms with van der Waals surface area (Å²) in [6.45, 7) is 3.74. The van der Waals surface area contributed by atoms with Crippen molar-refractivity contribution in [1.82, 2.24) is 10.2 Å². The van der Waals surface area contributed by atoms with Gasteiger partial charge >= 0.3 is 5.97 Å². The molecule has 0 spiro atoms. The van der Waals surface area contributed by atoms with E-state index in [2.05, 4.69) is 26.0 Å². The third kappa shape index (κ3) is 4.61. The first-order valence-corrected chi connectivity index (χ1v) is 7.10. The highest BCUT2D eigenvalue weighted by atomic mass is 79.9. The van der Waals surface area contributed by atoms with Crippen LogP contribution in [0.1, 0.15) is 22.8 Å². The van der Waals surface area contributed by atoms with Crippen LogP contribution in [0.2, 0.25) is 0 Å². The van der Waals surface area contributed by atoms with Gasteiger partial charge < -0.3 is 10.1 Å². The number of carbonyl (C=O) groups is 2. The van der Waals surface area contributed by atoms with E-state index >= 15 is 0 Å². The molecule has 0 aromatic heterocycles. The lowest BCUT2D eigenvalue weighted by Gasteiger charge is -2.20. The third-order valence-electron chi connectivity index (χ3n) is 2.96. The van der Waals surface area contributed by atoms with Crippen LogP contribution in [0.15, 0.2) is 22.7 Å². The topological polar surface area (TPSA) is 58.6 Å². The van der Waals surface area contributed by atoms with Gasteiger partial charge in [-0.3, -0.25) is 9.69 Å². The molecule has 0 bridgehead atoms. The number of rotatable bonds is 6. The highest BCUT2D eigenvalue weighted by molar-refractivity contribution is 9.10. The average Bonchev–Trinajstić information content (AvgIpc) is 2.47. The lowest BCUT2D eigenvalue weighted by molar-refractivity contribution is -0.121. The number of amides is 1. The van der Waals surface area contributed by atoms with Crippen molar-refractivity contribution in [1.29, 1.82) is 0 Å². The highest BCUT2D eigenvalue weighted by Gasteiger charge is 2.12. The van der Waals surface area contributed by atoms with Crippen molar-refractivity contribution < 1.29 is 14.3 Å². The van der Waals surface area contributed by atoms with Crippen molar-refractivity contribution in [3.8, 4) is 0 Å². The van der Waals surface area contributed by atoms with E-state index in [-0.39, 0.29) is 11.9 Å². The van der Waals surface area contributed by atoms with Gasteiger partial charge in [0.05, 0.1) is 19.2 Å². The van der Waals surface area contributed by atoms with Crippen LogP contribution in [-0.2, 0) is 16.1 Å². The molecule has 6 heteroatoms. The number of carbonyl (C=O) groups excluding carboxylic acids is 2. The number of nitrogens with zero attached hydrogens (tertiary/aromatic N) is 1. The zero-order chi connectivity index (χ0) is 15.1. The number of halogens is 1. The molecule has 110 valence electrons. The second-order valence-corrected chi connectivity index (χ2v) is 5.13. The minimum absolute atomic E-state index is 0.0193. The number of benzene rings is 1. The monoisotopic (exact) mass is 342 g/mol. The molecule has 0 unspecified atom stereocenters. The van der Waals surface area contributed by atoms with Gasteiger partial charge in [-0.1, -0.05) is 28.9 Å². The van der Waals surface area contributed by atoms with E-state index < -0.39 is 0 Å². The highest BCUT2D eigenvalue weighted by Crippen LogP contribution is 2.20. The van der Waals surface area contributed by atoms with Gasteiger partial charge in [-0.2, -0.15) is 0 Å². The first kappa shape index (κ1) is 16.7. The maximum Gasteiger partial charge on any atom is 0.337 e. The first-order valence-electron chi connectivity index (χ1n) is 6.31. The molecule has 0 aliphatic heterocycles. The summed E-state index contributed by atoms with van der Waals surface area (Å²) in [6.07, 6.45) is 0. The molecule has 1 aromatic carbocycles. The van der Waals surface area contributed by atoms with Gasteiger partial charge in [0.1, 0.15) is 0 Å². The molecule has 0 radical (unpaired) electrons.